The minimum absolute atomic E-state index is 0.0762. The van der Waals surface area contributed by atoms with E-state index in [4.69, 9.17) is 0 Å². The lowest BCUT2D eigenvalue weighted by atomic mass is 9.84. The highest BCUT2D eigenvalue weighted by Crippen LogP contribution is 2.29. The van der Waals surface area contributed by atoms with Crippen molar-refractivity contribution in [2.45, 2.75) is 26.2 Å². The fourth-order valence-corrected chi connectivity index (χ4v) is 3.72. The molecule has 0 saturated carbocycles. The van der Waals surface area contributed by atoms with E-state index in [0.29, 0.717) is 30.5 Å². The summed E-state index contributed by atoms with van der Waals surface area (Å²) in [7, 11) is -0.742. The van der Waals surface area contributed by atoms with Gasteiger partial charge in [0, 0.05) is 35.4 Å². The molecule has 0 radical (unpaired) electrons. The molecule has 0 spiro atoms. The van der Waals surface area contributed by atoms with Crippen molar-refractivity contribution >= 4 is 16.7 Å². The van der Waals surface area contributed by atoms with E-state index in [1.54, 1.807) is 0 Å². The maximum absolute atomic E-state index is 12.8. The second-order valence-corrected chi connectivity index (χ2v) is 7.14. The van der Waals surface area contributed by atoms with Crippen LogP contribution < -0.4 is 0 Å². The molecule has 0 bridgehead atoms. The van der Waals surface area contributed by atoms with Gasteiger partial charge in [0.25, 0.3) is 0 Å². The van der Waals surface area contributed by atoms with Crippen LogP contribution in [-0.2, 0) is 15.6 Å². The molecule has 1 aliphatic heterocycles. The number of hydrogen-bond donors (Lipinski definition) is 0. The zero-order chi connectivity index (χ0) is 14.5. The number of amides is 1. The van der Waals surface area contributed by atoms with Crippen LogP contribution in [0.2, 0.25) is 0 Å². The molecule has 3 nitrogen and oxygen atoms in total. The van der Waals surface area contributed by atoms with Gasteiger partial charge in [-0.3, -0.25) is 9.00 Å². The molecule has 1 aromatic carbocycles. The smallest absolute Gasteiger partial charge is 0.230 e. The largest absolute Gasteiger partial charge is 0.340 e. The number of rotatable bonds is 4. The van der Waals surface area contributed by atoms with Crippen LogP contribution in [0.4, 0.5) is 0 Å². The average molecular weight is 293 g/mol. The van der Waals surface area contributed by atoms with Crippen molar-refractivity contribution < 1.29 is 9.00 Å². The summed E-state index contributed by atoms with van der Waals surface area (Å²) in [5.74, 6) is 1.67. The second kappa shape index (κ2) is 7.02. The molecule has 1 aromatic rings. The van der Waals surface area contributed by atoms with E-state index in [9.17, 15) is 9.00 Å². The fraction of sp³-hybridized carbons (Fsp3) is 0.562. The molecule has 0 aromatic heterocycles. The highest BCUT2D eigenvalue weighted by Gasteiger charge is 2.31. The van der Waals surface area contributed by atoms with E-state index >= 15 is 0 Å². The molecule has 0 unspecified atom stereocenters. The topological polar surface area (TPSA) is 37.4 Å². The van der Waals surface area contributed by atoms with Crippen LogP contribution >= 0.6 is 0 Å². The summed E-state index contributed by atoms with van der Waals surface area (Å²) in [6.07, 6.45) is 0.977. The molecular formula is C16H23NO2S. The third kappa shape index (κ3) is 3.48. The summed E-state index contributed by atoms with van der Waals surface area (Å²) >= 11 is 0. The summed E-state index contributed by atoms with van der Waals surface area (Å²) in [6, 6.07) is 10.0. The van der Waals surface area contributed by atoms with Gasteiger partial charge in [0.05, 0.1) is 5.92 Å². The molecule has 1 heterocycles. The minimum Gasteiger partial charge on any atom is -0.340 e. The van der Waals surface area contributed by atoms with Crippen LogP contribution in [0.5, 0.6) is 0 Å². The van der Waals surface area contributed by atoms with Crippen LogP contribution in [0.15, 0.2) is 30.3 Å². The lowest BCUT2D eigenvalue weighted by molar-refractivity contribution is -0.133. The standard InChI is InChI=1S/C16H23NO2S/c1-3-13(2)15(14-7-5-4-6-8-14)16(18)17-9-11-20(19)12-10-17/h4-8,13,15H,3,9-12H2,1-2H3/t13-,15+/m0/s1. The Morgan fingerprint density at radius 2 is 1.85 bits per heavy atom. The van der Waals surface area contributed by atoms with Gasteiger partial charge < -0.3 is 4.90 Å². The van der Waals surface area contributed by atoms with Gasteiger partial charge in [0.15, 0.2) is 0 Å². The van der Waals surface area contributed by atoms with Crippen LogP contribution in [0.25, 0.3) is 0 Å². The molecule has 2 atom stereocenters. The van der Waals surface area contributed by atoms with Crippen molar-refractivity contribution in [2.24, 2.45) is 5.92 Å². The fourth-order valence-electron chi connectivity index (χ4n) is 2.67. The lowest BCUT2D eigenvalue weighted by Crippen LogP contribution is -2.45. The van der Waals surface area contributed by atoms with Crippen LogP contribution in [0.1, 0.15) is 31.7 Å². The third-order valence-electron chi connectivity index (χ3n) is 4.13. The minimum atomic E-state index is -0.742. The molecule has 110 valence electrons. The first kappa shape index (κ1) is 15.2. The van der Waals surface area contributed by atoms with Crippen molar-refractivity contribution in [3.05, 3.63) is 35.9 Å². The molecule has 0 aliphatic carbocycles. The van der Waals surface area contributed by atoms with Gasteiger partial charge in [-0.05, 0) is 11.5 Å². The Hall–Kier alpha value is -1.16. The van der Waals surface area contributed by atoms with Crippen molar-refractivity contribution in [3.8, 4) is 0 Å². The molecule has 0 N–H and O–H groups in total. The molecular weight excluding hydrogens is 270 g/mol. The van der Waals surface area contributed by atoms with Crippen LogP contribution in [0, 0.1) is 5.92 Å². The normalized spacial score (nSPS) is 19.6. The highest BCUT2D eigenvalue weighted by molar-refractivity contribution is 7.85. The van der Waals surface area contributed by atoms with E-state index < -0.39 is 10.8 Å². The predicted molar refractivity (Wildman–Crippen MR) is 83.1 cm³/mol. The van der Waals surface area contributed by atoms with Gasteiger partial charge in [-0.1, -0.05) is 50.6 Å². The number of carbonyl (C=O) groups is 1. The molecule has 2 rings (SSSR count). The highest BCUT2D eigenvalue weighted by atomic mass is 32.2. The van der Waals surface area contributed by atoms with Crippen LogP contribution in [0.3, 0.4) is 0 Å². The van der Waals surface area contributed by atoms with E-state index in [0.717, 1.165) is 12.0 Å². The van der Waals surface area contributed by atoms with E-state index in [-0.39, 0.29) is 11.8 Å². The number of hydrogen-bond acceptors (Lipinski definition) is 2. The average Bonchev–Trinajstić information content (AvgIpc) is 2.49. The first-order chi connectivity index (χ1) is 9.63. The monoisotopic (exact) mass is 293 g/mol. The Kier molecular flexibility index (Phi) is 5.35. The van der Waals surface area contributed by atoms with Crippen molar-refractivity contribution in [2.75, 3.05) is 24.6 Å². The second-order valence-electron chi connectivity index (χ2n) is 5.45. The maximum Gasteiger partial charge on any atom is 0.230 e. The quantitative estimate of drug-likeness (QED) is 0.855. The SMILES string of the molecule is CC[C@H](C)[C@@H](C(=O)N1CCS(=O)CC1)c1ccccc1. The maximum atomic E-state index is 12.8. The first-order valence-corrected chi connectivity index (χ1v) is 8.81. The van der Waals surface area contributed by atoms with Gasteiger partial charge in [0.1, 0.15) is 0 Å². The lowest BCUT2D eigenvalue weighted by Gasteiger charge is -2.32. The summed E-state index contributed by atoms with van der Waals surface area (Å²) in [4.78, 5) is 14.7. The summed E-state index contributed by atoms with van der Waals surface area (Å²) in [6.45, 7) is 5.52. The Bertz CT molecular complexity index is 465. The van der Waals surface area contributed by atoms with E-state index in [1.165, 1.54) is 0 Å². The molecule has 1 fully saturated rings. The van der Waals surface area contributed by atoms with Crippen molar-refractivity contribution in [1.29, 1.82) is 0 Å². The van der Waals surface area contributed by atoms with E-state index in [1.807, 2.05) is 35.2 Å². The van der Waals surface area contributed by atoms with Gasteiger partial charge in [-0.15, -0.1) is 0 Å². The van der Waals surface area contributed by atoms with E-state index in [2.05, 4.69) is 13.8 Å². The van der Waals surface area contributed by atoms with Crippen molar-refractivity contribution in [3.63, 3.8) is 0 Å². The molecule has 1 saturated heterocycles. The van der Waals surface area contributed by atoms with Gasteiger partial charge in [-0.2, -0.15) is 0 Å². The van der Waals surface area contributed by atoms with Crippen LogP contribution in [-0.4, -0.2) is 39.6 Å². The number of nitrogens with zero attached hydrogens (tertiary/aromatic N) is 1. The Morgan fingerprint density at radius 3 is 2.40 bits per heavy atom. The molecule has 20 heavy (non-hydrogen) atoms. The van der Waals surface area contributed by atoms with Gasteiger partial charge in [0.2, 0.25) is 5.91 Å². The molecule has 1 amide bonds. The summed E-state index contributed by atoms with van der Waals surface area (Å²) in [5.41, 5.74) is 1.10. The predicted octanol–water partition coefficient (Wildman–Crippen LogP) is 2.41. The Balaban J connectivity index is 2.19. The Labute approximate surface area is 123 Å². The molecule has 1 aliphatic rings. The first-order valence-electron chi connectivity index (χ1n) is 7.32. The van der Waals surface area contributed by atoms with Gasteiger partial charge >= 0.3 is 0 Å². The number of carbonyl (C=O) groups excluding carboxylic acids is 1. The number of benzene rings is 1. The zero-order valence-electron chi connectivity index (χ0n) is 12.2. The summed E-state index contributed by atoms with van der Waals surface area (Å²) < 4.78 is 11.4. The van der Waals surface area contributed by atoms with Crippen molar-refractivity contribution in [1.82, 2.24) is 4.90 Å². The zero-order valence-corrected chi connectivity index (χ0v) is 13.1. The molecule has 4 heteroatoms. The Morgan fingerprint density at radius 1 is 1.25 bits per heavy atom. The summed E-state index contributed by atoms with van der Waals surface area (Å²) in [5, 5.41) is 0. The van der Waals surface area contributed by atoms with Gasteiger partial charge in [-0.25, -0.2) is 0 Å². The third-order valence-corrected chi connectivity index (χ3v) is 5.40.